The van der Waals surface area contributed by atoms with E-state index < -0.39 is 0 Å². The van der Waals surface area contributed by atoms with Crippen molar-refractivity contribution in [3.63, 3.8) is 0 Å². The molecule has 66 valence electrons. The molecule has 0 aliphatic heterocycles. The molecule has 1 aliphatic rings. The van der Waals surface area contributed by atoms with E-state index in [2.05, 4.69) is 0 Å². The van der Waals surface area contributed by atoms with Crippen LogP contribution in [0.25, 0.3) is 0 Å². The summed E-state index contributed by atoms with van der Waals surface area (Å²) >= 11 is 0. The molecule has 1 aliphatic carbocycles. The molecular formula is C8H17NO2. The van der Waals surface area contributed by atoms with Gasteiger partial charge >= 0.3 is 0 Å². The molecule has 2 N–H and O–H groups in total. The summed E-state index contributed by atoms with van der Waals surface area (Å²) in [6.45, 7) is 1.35. The maximum absolute atomic E-state index is 5.80. The lowest BCUT2D eigenvalue weighted by Gasteiger charge is -2.15. The van der Waals surface area contributed by atoms with E-state index >= 15 is 0 Å². The Morgan fingerprint density at radius 2 is 2.18 bits per heavy atom. The zero-order chi connectivity index (χ0) is 8.10. The van der Waals surface area contributed by atoms with Gasteiger partial charge in [0.05, 0.1) is 19.3 Å². The van der Waals surface area contributed by atoms with Gasteiger partial charge in [0.25, 0.3) is 0 Å². The summed E-state index contributed by atoms with van der Waals surface area (Å²) in [4.78, 5) is 0. The largest absolute Gasteiger partial charge is 0.382 e. The quantitative estimate of drug-likeness (QED) is 0.608. The third-order valence-electron chi connectivity index (χ3n) is 2.12. The molecule has 11 heavy (non-hydrogen) atoms. The molecule has 0 radical (unpaired) electrons. The second kappa shape index (κ2) is 4.70. The first-order valence-electron chi connectivity index (χ1n) is 4.20. The van der Waals surface area contributed by atoms with E-state index in [0.29, 0.717) is 13.2 Å². The van der Waals surface area contributed by atoms with Gasteiger partial charge in [0.2, 0.25) is 0 Å². The smallest absolute Gasteiger partial charge is 0.0727 e. The Kier molecular flexibility index (Phi) is 3.83. The Hall–Kier alpha value is -0.120. The highest BCUT2D eigenvalue weighted by Crippen LogP contribution is 2.19. The van der Waals surface area contributed by atoms with Crippen molar-refractivity contribution in [1.82, 2.24) is 0 Å². The van der Waals surface area contributed by atoms with Gasteiger partial charge in [-0.3, -0.25) is 0 Å². The summed E-state index contributed by atoms with van der Waals surface area (Å²) in [5, 5.41) is 0. The van der Waals surface area contributed by atoms with Crippen molar-refractivity contribution in [3.05, 3.63) is 0 Å². The number of ether oxygens (including phenoxy) is 2. The predicted molar refractivity (Wildman–Crippen MR) is 43.4 cm³/mol. The molecule has 0 bridgehead atoms. The predicted octanol–water partition coefficient (Wildman–Crippen LogP) is 0.529. The van der Waals surface area contributed by atoms with Crippen molar-refractivity contribution in [2.45, 2.75) is 31.4 Å². The zero-order valence-electron chi connectivity index (χ0n) is 7.08. The molecular weight excluding hydrogens is 142 g/mol. The summed E-state index contributed by atoms with van der Waals surface area (Å²) in [5.41, 5.74) is 5.80. The molecule has 3 nitrogen and oxygen atoms in total. The Bertz CT molecular complexity index is 108. The van der Waals surface area contributed by atoms with Gasteiger partial charge in [-0.15, -0.1) is 0 Å². The summed E-state index contributed by atoms with van der Waals surface area (Å²) in [6.07, 6.45) is 3.71. The maximum Gasteiger partial charge on any atom is 0.0727 e. The molecule has 3 heteroatoms. The molecule has 2 atom stereocenters. The van der Waals surface area contributed by atoms with Crippen LogP contribution in [-0.2, 0) is 9.47 Å². The van der Waals surface area contributed by atoms with Gasteiger partial charge in [-0.25, -0.2) is 0 Å². The molecule has 0 amide bonds. The van der Waals surface area contributed by atoms with Crippen LogP contribution in [0.4, 0.5) is 0 Å². The molecule has 1 saturated carbocycles. The van der Waals surface area contributed by atoms with Gasteiger partial charge in [-0.1, -0.05) is 0 Å². The average molecular weight is 159 g/mol. The molecule has 1 rings (SSSR count). The van der Waals surface area contributed by atoms with Crippen LogP contribution in [0.1, 0.15) is 19.3 Å². The Morgan fingerprint density at radius 1 is 1.36 bits per heavy atom. The first-order valence-corrected chi connectivity index (χ1v) is 4.20. The topological polar surface area (TPSA) is 44.5 Å². The monoisotopic (exact) mass is 159 g/mol. The number of hydrogen-bond acceptors (Lipinski definition) is 3. The summed E-state index contributed by atoms with van der Waals surface area (Å²) < 4.78 is 10.4. The molecule has 0 spiro atoms. The fraction of sp³-hybridized carbons (Fsp3) is 1.00. The second-order valence-corrected chi connectivity index (χ2v) is 3.00. The second-order valence-electron chi connectivity index (χ2n) is 3.00. The first kappa shape index (κ1) is 8.97. The number of hydrogen-bond donors (Lipinski definition) is 1. The standard InChI is InChI=1S/C8H17NO2/c1-10-5-6-11-8-4-2-3-7(8)9/h7-8H,2-6,9H2,1H3. The summed E-state index contributed by atoms with van der Waals surface area (Å²) in [7, 11) is 1.68. The van der Waals surface area contributed by atoms with Gasteiger partial charge in [0, 0.05) is 13.2 Å². The number of nitrogens with two attached hydrogens (primary N) is 1. The van der Waals surface area contributed by atoms with Crippen LogP contribution < -0.4 is 5.73 Å². The van der Waals surface area contributed by atoms with E-state index in [4.69, 9.17) is 15.2 Å². The Labute approximate surface area is 67.9 Å². The highest BCUT2D eigenvalue weighted by molar-refractivity contribution is 4.80. The highest BCUT2D eigenvalue weighted by atomic mass is 16.5. The molecule has 0 saturated heterocycles. The molecule has 1 fully saturated rings. The Balaban J connectivity index is 2.05. The zero-order valence-corrected chi connectivity index (χ0v) is 7.08. The van der Waals surface area contributed by atoms with Crippen LogP contribution in [0, 0.1) is 0 Å². The molecule has 0 aromatic heterocycles. The van der Waals surface area contributed by atoms with Gasteiger partial charge in [0.15, 0.2) is 0 Å². The minimum absolute atomic E-state index is 0.256. The normalized spacial score (nSPS) is 31.1. The van der Waals surface area contributed by atoms with Crippen molar-refractivity contribution < 1.29 is 9.47 Å². The fourth-order valence-electron chi connectivity index (χ4n) is 1.44. The van der Waals surface area contributed by atoms with Crippen molar-refractivity contribution in [2.24, 2.45) is 5.73 Å². The maximum atomic E-state index is 5.80. The highest BCUT2D eigenvalue weighted by Gasteiger charge is 2.23. The summed E-state index contributed by atoms with van der Waals surface area (Å²) in [5.74, 6) is 0. The van der Waals surface area contributed by atoms with E-state index in [0.717, 1.165) is 12.8 Å². The minimum Gasteiger partial charge on any atom is -0.382 e. The van der Waals surface area contributed by atoms with Crippen LogP contribution in [-0.4, -0.2) is 32.5 Å². The third-order valence-corrected chi connectivity index (χ3v) is 2.12. The lowest BCUT2D eigenvalue weighted by atomic mass is 10.2. The van der Waals surface area contributed by atoms with E-state index in [1.165, 1.54) is 6.42 Å². The van der Waals surface area contributed by atoms with Crippen LogP contribution in [0.15, 0.2) is 0 Å². The number of rotatable bonds is 4. The third kappa shape index (κ3) is 2.77. The van der Waals surface area contributed by atoms with Crippen molar-refractivity contribution >= 4 is 0 Å². The molecule has 2 unspecified atom stereocenters. The average Bonchev–Trinajstić information content (AvgIpc) is 2.37. The van der Waals surface area contributed by atoms with Gasteiger partial charge in [0.1, 0.15) is 0 Å². The van der Waals surface area contributed by atoms with Gasteiger partial charge in [-0.05, 0) is 19.3 Å². The minimum atomic E-state index is 0.256. The molecule has 0 aromatic rings. The van der Waals surface area contributed by atoms with Crippen molar-refractivity contribution in [2.75, 3.05) is 20.3 Å². The van der Waals surface area contributed by atoms with Crippen LogP contribution in [0.3, 0.4) is 0 Å². The van der Waals surface area contributed by atoms with Crippen LogP contribution in [0.5, 0.6) is 0 Å². The van der Waals surface area contributed by atoms with Gasteiger partial charge < -0.3 is 15.2 Å². The van der Waals surface area contributed by atoms with Crippen molar-refractivity contribution in [3.8, 4) is 0 Å². The lowest BCUT2D eigenvalue weighted by molar-refractivity contribution is 0.0139. The van der Waals surface area contributed by atoms with Crippen LogP contribution >= 0.6 is 0 Å². The lowest BCUT2D eigenvalue weighted by Crippen LogP contribution is -2.32. The van der Waals surface area contributed by atoms with Gasteiger partial charge in [-0.2, -0.15) is 0 Å². The molecule has 0 aromatic carbocycles. The fourth-order valence-corrected chi connectivity index (χ4v) is 1.44. The molecule has 0 heterocycles. The van der Waals surface area contributed by atoms with E-state index in [-0.39, 0.29) is 12.1 Å². The Morgan fingerprint density at radius 3 is 2.73 bits per heavy atom. The first-order chi connectivity index (χ1) is 5.34. The van der Waals surface area contributed by atoms with E-state index in [1.54, 1.807) is 7.11 Å². The van der Waals surface area contributed by atoms with E-state index in [1.807, 2.05) is 0 Å². The van der Waals surface area contributed by atoms with Crippen LogP contribution in [0.2, 0.25) is 0 Å². The number of methoxy groups -OCH3 is 1. The summed E-state index contributed by atoms with van der Waals surface area (Å²) in [6, 6.07) is 0.256. The SMILES string of the molecule is COCCOC1CCCC1N. The van der Waals surface area contributed by atoms with Crippen molar-refractivity contribution in [1.29, 1.82) is 0 Å². The van der Waals surface area contributed by atoms with E-state index in [9.17, 15) is 0 Å².